The minimum absolute atomic E-state index is 0.0362. The molecule has 8 nitrogen and oxygen atoms in total. The van der Waals surface area contributed by atoms with E-state index in [2.05, 4.69) is 21.4 Å². The van der Waals surface area contributed by atoms with Crippen molar-refractivity contribution < 1.29 is 36.6 Å². The fourth-order valence-electron chi connectivity index (χ4n) is 4.99. The highest BCUT2D eigenvalue weighted by molar-refractivity contribution is 6.35. The van der Waals surface area contributed by atoms with Crippen molar-refractivity contribution in [3.05, 3.63) is 142 Å². The van der Waals surface area contributed by atoms with Gasteiger partial charge < -0.3 is 9.84 Å². The van der Waals surface area contributed by atoms with Gasteiger partial charge in [0.2, 0.25) is 5.60 Å². The molecule has 240 valence electrons. The number of aromatic nitrogens is 1. The number of nitrogens with one attached hydrogen (secondary N) is 3. The predicted molar refractivity (Wildman–Crippen MR) is 167 cm³/mol. The molecule has 3 N–H and O–H groups in total. The number of fused-ring (bicyclic) bond motifs is 1. The maximum atomic E-state index is 14.5. The number of amides is 1. The van der Waals surface area contributed by atoms with Gasteiger partial charge >= 0.3 is 6.18 Å². The number of rotatable bonds is 9. The Kier molecular flexibility index (Phi) is 8.93. The molecule has 1 aromatic heterocycles. The third-order valence-electron chi connectivity index (χ3n) is 7.25. The zero-order valence-corrected chi connectivity index (χ0v) is 25.4. The van der Waals surface area contributed by atoms with E-state index < -0.39 is 39.1 Å². The third kappa shape index (κ3) is 6.41. The fourth-order valence-corrected chi connectivity index (χ4v) is 5.48. The van der Waals surface area contributed by atoms with Crippen LogP contribution in [0.2, 0.25) is 10.0 Å². The molecule has 0 aliphatic carbocycles. The summed E-state index contributed by atoms with van der Waals surface area (Å²) in [7, 11) is 0. The average molecular weight is 685 g/mol. The normalized spacial score (nSPS) is 16.3. The molecule has 1 amide bonds. The minimum Gasteiger partial charge on any atom is -0.358 e. The van der Waals surface area contributed by atoms with Gasteiger partial charge in [-0.3, -0.25) is 25.4 Å². The molecule has 5 aromatic rings. The summed E-state index contributed by atoms with van der Waals surface area (Å²) in [5, 5.41) is 6.36. The molecule has 0 spiro atoms. The molecule has 0 saturated carbocycles. The fraction of sp³-hybridized carbons (Fsp3) is 0.0909. The number of hydroxylamine groups is 2. The van der Waals surface area contributed by atoms with Crippen LogP contribution in [-0.4, -0.2) is 17.2 Å². The van der Waals surface area contributed by atoms with Crippen LogP contribution in [0.5, 0.6) is 0 Å². The molecule has 4 aromatic carbocycles. The first-order chi connectivity index (χ1) is 22.6. The molecule has 0 radical (unpaired) electrons. The summed E-state index contributed by atoms with van der Waals surface area (Å²) in [6, 6.07) is 22.5. The van der Waals surface area contributed by atoms with Crippen molar-refractivity contribution in [2.24, 2.45) is 0 Å². The van der Waals surface area contributed by atoms with Crippen LogP contribution in [0.1, 0.15) is 27.2 Å². The SMILES string of the molecule is O=C(NC=CNOCc1cc(-c2ccccc2)no1)c1ccc(C2=CC(c3cc(Cl)c(F)c(Cl)c3)(C(F)(F)F)ON2)c2ccccc12. The van der Waals surface area contributed by atoms with Crippen LogP contribution in [0, 0.1) is 5.82 Å². The highest BCUT2D eigenvalue weighted by Gasteiger charge is 2.60. The Balaban J connectivity index is 1.16. The second-order valence-electron chi connectivity index (χ2n) is 10.2. The van der Waals surface area contributed by atoms with Crippen molar-refractivity contribution in [3.63, 3.8) is 0 Å². The van der Waals surface area contributed by atoms with Gasteiger partial charge in [0.05, 0.1) is 15.7 Å². The summed E-state index contributed by atoms with van der Waals surface area (Å²) in [6.07, 6.45) is -1.49. The summed E-state index contributed by atoms with van der Waals surface area (Å²) >= 11 is 11.6. The van der Waals surface area contributed by atoms with Crippen LogP contribution in [0.25, 0.3) is 27.7 Å². The number of carbonyl (C=O) groups is 1. The van der Waals surface area contributed by atoms with Crippen molar-refractivity contribution in [3.8, 4) is 11.3 Å². The average Bonchev–Trinajstić information content (AvgIpc) is 3.74. The molecule has 14 heteroatoms. The molecule has 1 atom stereocenters. The molecular formula is C33H22Cl2F4N4O4. The Hall–Kier alpha value is -4.88. The zero-order chi connectivity index (χ0) is 33.2. The second-order valence-corrected chi connectivity index (χ2v) is 11.0. The van der Waals surface area contributed by atoms with Crippen LogP contribution in [0.4, 0.5) is 17.6 Å². The lowest BCUT2D eigenvalue weighted by Crippen LogP contribution is -2.42. The monoisotopic (exact) mass is 684 g/mol. The molecule has 2 heterocycles. The molecule has 0 saturated heterocycles. The number of hydrogen-bond donors (Lipinski definition) is 3. The smallest absolute Gasteiger partial charge is 0.358 e. The minimum atomic E-state index is -4.99. The van der Waals surface area contributed by atoms with Gasteiger partial charge in [-0.15, -0.1) is 0 Å². The second kappa shape index (κ2) is 13.1. The predicted octanol–water partition coefficient (Wildman–Crippen LogP) is 8.20. The molecular weight excluding hydrogens is 663 g/mol. The number of hydrogen-bond acceptors (Lipinski definition) is 7. The first-order valence-corrected chi connectivity index (χ1v) is 14.6. The number of carbonyl (C=O) groups excluding carboxylic acids is 1. The molecule has 1 aliphatic rings. The highest BCUT2D eigenvalue weighted by atomic mass is 35.5. The lowest BCUT2D eigenvalue weighted by atomic mass is 9.90. The summed E-state index contributed by atoms with van der Waals surface area (Å²) in [5.74, 6) is -1.06. The largest absolute Gasteiger partial charge is 0.428 e. The van der Waals surface area contributed by atoms with E-state index in [9.17, 15) is 22.4 Å². The third-order valence-corrected chi connectivity index (χ3v) is 7.80. The van der Waals surface area contributed by atoms with Crippen molar-refractivity contribution in [1.82, 2.24) is 21.4 Å². The van der Waals surface area contributed by atoms with Crippen LogP contribution >= 0.6 is 23.2 Å². The van der Waals surface area contributed by atoms with E-state index in [1.807, 2.05) is 30.3 Å². The van der Waals surface area contributed by atoms with E-state index in [4.69, 9.17) is 37.4 Å². The Morgan fingerprint density at radius 2 is 1.66 bits per heavy atom. The number of alkyl halides is 3. The van der Waals surface area contributed by atoms with Gasteiger partial charge in [-0.1, -0.05) is 89.0 Å². The van der Waals surface area contributed by atoms with Gasteiger partial charge in [0, 0.05) is 40.7 Å². The van der Waals surface area contributed by atoms with Crippen LogP contribution in [0.3, 0.4) is 0 Å². The van der Waals surface area contributed by atoms with Gasteiger partial charge in [0.15, 0.2) is 11.6 Å². The van der Waals surface area contributed by atoms with E-state index in [1.54, 1.807) is 30.3 Å². The van der Waals surface area contributed by atoms with Gasteiger partial charge in [-0.2, -0.15) is 13.2 Å². The lowest BCUT2D eigenvalue weighted by Gasteiger charge is -2.28. The summed E-state index contributed by atoms with van der Waals surface area (Å²) in [5.41, 5.74) is 3.48. The number of nitrogens with zero attached hydrogens (tertiary/aromatic N) is 1. The highest BCUT2D eigenvalue weighted by Crippen LogP contribution is 2.49. The van der Waals surface area contributed by atoms with E-state index in [-0.39, 0.29) is 17.9 Å². The maximum Gasteiger partial charge on any atom is 0.428 e. The molecule has 0 bridgehead atoms. The van der Waals surface area contributed by atoms with Crippen molar-refractivity contribution in [2.75, 3.05) is 0 Å². The number of halogens is 6. The molecule has 6 rings (SSSR count). The van der Waals surface area contributed by atoms with Crippen molar-refractivity contribution >= 4 is 45.6 Å². The molecule has 47 heavy (non-hydrogen) atoms. The van der Waals surface area contributed by atoms with Gasteiger partial charge in [-0.25, -0.2) is 4.39 Å². The first-order valence-electron chi connectivity index (χ1n) is 13.8. The van der Waals surface area contributed by atoms with Crippen LogP contribution in [0.15, 0.2) is 108 Å². The van der Waals surface area contributed by atoms with Crippen LogP contribution < -0.4 is 16.3 Å². The summed E-state index contributed by atoms with van der Waals surface area (Å²) in [4.78, 5) is 23.6. The van der Waals surface area contributed by atoms with Crippen molar-refractivity contribution in [2.45, 2.75) is 18.4 Å². The molecule has 1 unspecified atom stereocenters. The topological polar surface area (TPSA) is 97.7 Å². The van der Waals surface area contributed by atoms with E-state index in [0.29, 0.717) is 27.8 Å². The standard InChI is InChI=1S/C33H22Cl2F4N4O4/c34-26-14-20(15-27(35)30(26)36)32(33(37,38)39)17-29(43-47-32)24-10-11-25(23-9-5-4-8-22(23)24)31(44)40-12-13-41-45-18-21-16-28(42-46-21)19-6-2-1-3-7-19/h1-17,41,43H,18H2,(H,40,44). The molecule has 0 fully saturated rings. The Labute approximate surface area is 274 Å². The van der Waals surface area contributed by atoms with Gasteiger partial charge in [0.25, 0.3) is 5.91 Å². The molecule has 1 aliphatic heterocycles. The van der Waals surface area contributed by atoms with Gasteiger partial charge in [0.1, 0.15) is 12.3 Å². The first kappa shape index (κ1) is 32.1. The Morgan fingerprint density at radius 3 is 2.38 bits per heavy atom. The summed E-state index contributed by atoms with van der Waals surface area (Å²) in [6.45, 7) is 0.0642. The van der Waals surface area contributed by atoms with E-state index in [1.165, 1.54) is 24.5 Å². The Morgan fingerprint density at radius 1 is 0.957 bits per heavy atom. The summed E-state index contributed by atoms with van der Waals surface area (Å²) < 4.78 is 62.8. The lowest BCUT2D eigenvalue weighted by molar-refractivity contribution is -0.269. The van der Waals surface area contributed by atoms with Crippen molar-refractivity contribution in [1.29, 1.82) is 0 Å². The Bertz CT molecular complexity index is 1990. The van der Waals surface area contributed by atoms with E-state index >= 15 is 0 Å². The maximum absolute atomic E-state index is 14.5. The van der Waals surface area contributed by atoms with Crippen LogP contribution in [-0.2, 0) is 21.9 Å². The quantitative estimate of drug-likeness (QED) is 0.0623. The zero-order valence-electron chi connectivity index (χ0n) is 23.9. The van der Waals surface area contributed by atoms with Gasteiger partial charge in [-0.05, 0) is 35.0 Å². The number of benzene rings is 4. The van der Waals surface area contributed by atoms with E-state index in [0.717, 1.165) is 23.8 Å².